The van der Waals surface area contributed by atoms with Crippen molar-refractivity contribution in [3.05, 3.63) is 32.9 Å². The Hall–Kier alpha value is -2.04. The van der Waals surface area contributed by atoms with E-state index in [0.717, 1.165) is 19.3 Å². The maximum Gasteiger partial charge on any atom is 0.330 e. The van der Waals surface area contributed by atoms with Crippen molar-refractivity contribution in [2.24, 2.45) is 0 Å². The average molecular weight is 501 g/mol. The lowest BCUT2D eigenvalue weighted by Crippen LogP contribution is -2.38. The lowest BCUT2D eigenvalue weighted by molar-refractivity contribution is -0.150. The molecule has 0 amide bonds. The van der Waals surface area contributed by atoms with Crippen LogP contribution < -0.4 is 11.2 Å². The van der Waals surface area contributed by atoms with Crippen molar-refractivity contribution in [2.45, 2.75) is 121 Å². The van der Waals surface area contributed by atoms with Gasteiger partial charge in [-0.3, -0.25) is 19.1 Å². The van der Waals surface area contributed by atoms with Gasteiger partial charge >= 0.3 is 11.7 Å². The monoisotopic (exact) mass is 500 g/mol. The molecule has 0 spiro atoms. The first-order valence-electron chi connectivity index (χ1n) is 13.0. The standard InChI is InChI=1S/C25H41FN2O7/c1-2-3-4-5-6-7-8-9-10-11-12-13-14-15-20(29)34-17-19-21(30)22(31)24(35-19)28-16-18(26)23(32)27-25(28)33/h16,19,21-22,24,30-31H,2-15,17H2,1H3,(H,27,32,33). The zero-order valence-corrected chi connectivity index (χ0v) is 20.8. The SMILES string of the molecule is CCCCCCCCCCCCCCCC(=O)OCC1OC(n2cc(F)c(=O)[nH]c2=O)C(O)C1O. The van der Waals surface area contributed by atoms with Gasteiger partial charge in [0.25, 0.3) is 5.56 Å². The third kappa shape index (κ3) is 9.85. The largest absolute Gasteiger partial charge is 0.463 e. The number of H-pyrrole nitrogens is 1. The maximum absolute atomic E-state index is 13.5. The molecule has 1 aliphatic rings. The molecule has 1 aromatic heterocycles. The van der Waals surface area contributed by atoms with Gasteiger partial charge in [-0.25, -0.2) is 4.79 Å². The summed E-state index contributed by atoms with van der Waals surface area (Å²) >= 11 is 0. The van der Waals surface area contributed by atoms with Crippen LogP contribution in [-0.4, -0.2) is 50.7 Å². The summed E-state index contributed by atoms with van der Waals surface area (Å²) in [5, 5.41) is 20.3. The Labute approximate surface area is 205 Å². The third-order valence-corrected chi connectivity index (χ3v) is 6.43. The summed E-state index contributed by atoms with van der Waals surface area (Å²) in [5.74, 6) is -1.67. The number of hydrogen-bond acceptors (Lipinski definition) is 7. The molecule has 1 saturated heterocycles. The second-order valence-corrected chi connectivity index (χ2v) is 9.37. The zero-order chi connectivity index (χ0) is 25.6. The molecular weight excluding hydrogens is 459 g/mol. The quantitative estimate of drug-likeness (QED) is 0.221. The molecule has 9 nitrogen and oxygen atoms in total. The Bertz CT molecular complexity index is 872. The molecule has 0 saturated carbocycles. The van der Waals surface area contributed by atoms with Gasteiger partial charge in [-0.1, -0.05) is 84.0 Å². The van der Waals surface area contributed by atoms with Gasteiger partial charge in [0.05, 0.1) is 6.20 Å². The first kappa shape index (κ1) is 29.2. The molecule has 3 N–H and O–H groups in total. The molecule has 0 radical (unpaired) electrons. The lowest BCUT2D eigenvalue weighted by atomic mass is 10.0. The Kier molecular flexibility index (Phi) is 13.2. The van der Waals surface area contributed by atoms with E-state index < -0.39 is 47.6 Å². The fourth-order valence-electron chi connectivity index (χ4n) is 4.28. The van der Waals surface area contributed by atoms with Crippen LogP contribution in [0.15, 0.2) is 15.8 Å². The van der Waals surface area contributed by atoms with Crippen molar-refractivity contribution < 1.29 is 28.9 Å². The van der Waals surface area contributed by atoms with Crippen LogP contribution in [-0.2, 0) is 14.3 Å². The van der Waals surface area contributed by atoms with Crippen LogP contribution in [0.25, 0.3) is 0 Å². The first-order chi connectivity index (χ1) is 16.8. The summed E-state index contributed by atoms with van der Waals surface area (Å²) in [6.45, 7) is 1.92. The predicted octanol–water partition coefficient (Wildman–Crippen LogP) is 3.32. The van der Waals surface area contributed by atoms with Gasteiger partial charge in [-0.2, -0.15) is 4.39 Å². The van der Waals surface area contributed by atoms with Crippen molar-refractivity contribution in [2.75, 3.05) is 6.61 Å². The Balaban J connectivity index is 1.56. The molecule has 4 unspecified atom stereocenters. The number of carbonyl (C=O) groups excluding carboxylic acids is 1. The number of ether oxygens (including phenoxy) is 2. The van der Waals surface area contributed by atoms with E-state index in [1.165, 1.54) is 57.8 Å². The predicted molar refractivity (Wildman–Crippen MR) is 128 cm³/mol. The molecule has 1 aliphatic heterocycles. The second-order valence-electron chi connectivity index (χ2n) is 9.37. The number of halogens is 1. The number of esters is 1. The molecule has 200 valence electrons. The van der Waals surface area contributed by atoms with Crippen molar-refractivity contribution in [3.63, 3.8) is 0 Å². The van der Waals surface area contributed by atoms with Crippen LogP contribution in [0.1, 0.15) is 103 Å². The van der Waals surface area contributed by atoms with E-state index in [1.807, 2.05) is 0 Å². The van der Waals surface area contributed by atoms with Crippen LogP contribution in [0.3, 0.4) is 0 Å². The van der Waals surface area contributed by atoms with Crippen LogP contribution in [0, 0.1) is 5.82 Å². The average Bonchev–Trinajstić information content (AvgIpc) is 3.11. The summed E-state index contributed by atoms with van der Waals surface area (Å²) < 4.78 is 24.8. The van der Waals surface area contributed by atoms with Crippen molar-refractivity contribution in [1.29, 1.82) is 0 Å². The summed E-state index contributed by atoms with van der Waals surface area (Å²) in [6, 6.07) is 0. The molecular formula is C25H41FN2O7. The Morgan fingerprint density at radius 2 is 1.51 bits per heavy atom. The van der Waals surface area contributed by atoms with Gasteiger partial charge in [0.15, 0.2) is 6.23 Å². The molecule has 1 fully saturated rings. The number of nitrogens with one attached hydrogen (secondary N) is 1. The highest BCUT2D eigenvalue weighted by molar-refractivity contribution is 5.69. The number of nitrogens with zero attached hydrogens (tertiary/aromatic N) is 1. The van der Waals surface area contributed by atoms with Crippen LogP contribution in [0.4, 0.5) is 4.39 Å². The Morgan fingerprint density at radius 3 is 2.09 bits per heavy atom. The molecule has 0 aromatic carbocycles. The molecule has 0 bridgehead atoms. The van der Waals surface area contributed by atoms with Gasteiger partial charge in [-0.05, 0) is 6.42 Å². The van der Waals surface area contributed by atoms with E-state index in [2.05, 4.69) is 6.92 Å². The third-order valence-electron chi connectivity index (χ3n) is 6.43. The van der Waals surface area contributed by atoms with Gasteiger partial charge < -0.3 is 19.7 Å². The maximum atomic E-state index is 13.5. The summed E-state index contributed by atoms with van der Waals surface area (Å²) in [6.07, 6.45) is 11.0. The van der Waals surface area contributed by atoms with E-state index in [9.17, 15) is 29.0 Å². The van der Waals surface area contributed by atoms with E-state index in [-0.39, 0.29) is 13.0 Å². The smallest absolute Gasteiger partial charge is 0.330 e. The number of aliphatic hydroxyl groups excluding tert-OH is 2. The summed E-state index contributed by atoms with van der Waals surface area (Å²) in [7, 11) is 0. The second kappa shape index (κ2) is 15.9. The van der Waals surface area contributed by atoms with Crippen molar-refractivity contribution >= 4 is 5.97 Å². The summed E-state index contributed by atoms with van der Waals surface area (Å²) in [4.78, 5) is 36.8. The van der Waals surface area contributed by atoms with Crippen LogP contribution in [0.2, 0.25) is 0 Å². The lowest BCUT2D eigenvalue weighted by Gasteiger charge is -2.16. The number of rotatable bonds is 17. The normalized spacial score (nSPS) is 21.9. The topological polar surface area (TPSA) is 131 Å². The number of aliphatic hydroxyl groups is 2. The van der Waals surface area contributed by atoms with Gasteiger partial charge in [0.2, 0.25) is 5.82 Å². The highest BCUT2D eigenvalue weighted by atomic mass is 19.1. The molecule has 35 heavy (non-hydrogen) atoms. The van der Waals surface area contributed by atoms with Gasteiger partial charge in [0.1, 0.15) is 24.9 Å². The van der Waals surface area contributed by atoms with E-state index in [0.29, 0.717) is 17.2 Å². The molecule has 4 atom stereocenters. The van der Waals surface area contributed by atoms with E-state index in [1.54, 1.807) is 4.98 Å². The van der Waals surface area contributed by atoms with Gasteiger partial charge in [0, 0.05) is 6.42 Å². The summed E-state index contributed by atoms with van der Waals surface area (Å²) in [5.41, 5.74) is -2.19. The van der Waals surface area contributed by atoms with Crippen LogP contribution in [0.5, 0.6) is 0 Å². The Morgan fingerprint density at radius 1 is 0.971 bits per heavy atom. The fourth-order valence-corrected chi connectivity index (χ4v) is 4.28. The highest BCUT2D eigenvalue weighted by Crippen LogP contribution is 2.28. The van der Waals surface area contributed by atoms with Gasteiger partial charge in [-0.15, -0.1) is 0 Å². The minimum absolute atomic E-state index is 0.247. The van der Waals surface area contributed by atoms with Crippen molar-refractivity contribution in [1.82, 2.24) is 9.55 Å². The number of hydrogen-bond donors (Lipinski definition) is 3. The van der Waals surface area contributed by atoms with Crippen LogP contribution >= 0.6 is 0 Å². The fraction of sp³-hybridized carbons (Fsp3) is 0.800. The van der Waals surface area contributed by atoms with E-state index in [4.69, 9.17) is 9.47 Å². The van der Waals surface area contributed by atoms with Crippen molar-refractivity contribution in [3.8, 4) is 0 Å². The molecule has 0 aliphatic carbocycles. The molecule has 1 aromatic rings. The number of carbonyl (C=O) groups is 1. The zero-order valence-electron chi connectivity index (χ0n) is 20.8. The number of aromatic nitrogens is 2. The molecule has 2 heterocycles. The highest BCUT2D eigenvalue weighted by Gasteiger charge is 2.44. The molecule has 10 heteroatoms. The minimum Gasteiger partial charge on any atom is -0.463 e. The number of aromatic amines is 1. The minimum atomic E-state index is -1.57. The molecule has 2 rings (SSSR count). The van der Waals surface area contributed by atoms with E-state index >= 15 is 0 Å². The number of unbranched alkanes of at least 4 members (excludes halogenated alkanes) is 12. The first-order valence-corrected chi connectivity index (χ1v) is 13.0.